The number of fused-ring (bicyclic) bond motifs is 1. The molecule has 2 aromatic heterocycles. The molecule has 2 aromatic rings. The van der Waals surface area contributed by atoms with Crippen molar-refractivity contribution < 1.29 is 23.5 Å². The van der Waals surface area contributed by atoms with Crippen molar-refractivity contribution in [3.63, 3.8) is 0 Å². The molecule has 1 saturated carbocycles. The molecular formula is C20H31N6O6P. The molecule has 33 heavy (non-hydrogen) atoms. The van der Waals surface area contributed by atoms with E-state index in [0.717, 1.165) is 18.4 Å². The first kappa shape index (κ1) is 23.8. The van der Waals surface area contributed by atoms with Gasteiger partial charge in [-0.25, -0.2) is 0 Å². The number of aromatic nitrogens is 4. The molecule has 12 nitrogen and oxygen atoms in total. The van der Waals surface area contributed by atoms with E-state index in [1.807, 2.05) is 6.20 Å². The van der Waals surface area contributed by atoms with E-state index in [4.69, 9.17) is 19.5 Å². The van der Waals surface area contributed by atoms with Crippen LogP contribution in [-0.4, -0.2) is 56.2 Å². The van der Waals surface area contributed by atoms with Crippen LogP contribution in [0.1, 0.15) is 40.0 Å². The van der Waals surface area contributed by atoms with E-state index in [1.165, 1.54) is 6.33 Å². The number of H-pyrrole nitrogens is 1. The number of hydrogen-bond acceptors (Lipinski definition) is 10. The zero-order chi connectivity index (χ0) is 23.8. The third-order valence-corrected chi connectivity index (χ3v) is 8.16. The number of nitrogens with one attached hydrogen (secondary N) is 2. The zero-order valence-electron chi connectivity index (χ0n) is 19.0. The number of hydrogen-bond donors (Lipinski definition) is 4. The molecule has 2 aliphatic rings. The number of rotatable bonds is 8. The van der Waals surface area contributed by atoms with Gasteiger partial charge in [0.2, 0.25) is 0 Å². The molecule has 0 amide bonds. The van der Waals surface area contributed by atoms with Crippen molar-refractivity contribution in [2.45, 2.75) is 46.1 Å². The monoisotopic (exact) mass is 482 g/mol. The summed E-state index contributed by atoms with van der Waals surface area (Å²) in [4.78, 5) is 45.6. The van der Waals surface area contributed by atoms with Crippen LogP contribution in [0.5, 0.6) is 0 Å². The molecule has 182 valence electrons. The van der Waals surface area contributed by atoms with Crippen molar-refractivity contribution in [3.8, 4) is 0 Å². The minimum atomic E-state index is -3.72. The van der Waals surface area contributed by atoms with Crippen molar-refractivity contribution >= 4 is 37.4 Å². The molecule has 13 heteroatoms. The molecule has 1 atom stereocenters. The van der Waals surface area contributed by atoms with Crippen molar-refractivity contribution in [1.29, 1.82) is 0 Å². The normalized spacial score (nSPS) is 24.9. The number of aromatic amines is 1. The number of carbonyl (C=O) groups is 1. The fourth-order valence-corrected chi connectivity index (χ4v) is 5.68. The van der Waals surface area contributed by atoms with Gasteiger partial charge in [0, 0.05) is 0 Å². The molecule has 1 saturated heterocycles. The number of esters is 1. The number of nitrogens with two attached hydrogens (primary N) is 1. The average molecular weight is 482 g/mol. The number of imidazole rings is 1. The van der Waals surface area contributed by atoms with Gasteiger partial charge in [-0.05, 0) is 0 Å². The molecule has 3 heterocycles. The maximum absolute atomic E-state index is 12.3. The van der Waals surface area contributed by atoms with Crippen molar-refractivity contribution in [1.82, 2.24) is 24.6 Å². The summed E-state index contributed by atoms with van der Waals surface area (Å²) in [6.07, 6.45) is 5.89. The Kier molecular flexibility index (Phi) is 6.56. The van der Waals surface area contributed by atoms with Crippen LogP contribution in [0.15, 0.2) is 16.7 Å². The fourth-order valence-electron chi connectivity index (χ4n) is 3.82. The minimum absolute atomic E-state index is 0.0113. The Labute approximate surface area is 191 Å². The second-order valence-corrected chi connectivity index (χ2v) is 10.8. The Bertz CT molecular complexity index is 1120. The van der Waals surface area contributed by atoms with Crippen LogP contribution in [0.2, 0.25) is 0 Å². The van der Waals surface area contributed by atoms with Crippen LogP contribution >= 0.6 is 8.09 Å². The van der Waals surface area contributed by atoms with Crippen LogP contribution in [0.4, 0.5) is 5.95 Å². The topological polar surface area (TPSA) is 167 Å². The van der Waals surface area contributed by atoms with Crippen molar-refractivity contribution in [3.05, 3.63) is 22.3 Å². The summed E-state index contributed by atoms with van der Waals surface area (Å²) in [6.45, 7) is 6.57. The maximum atomic E-state index is 12.3. The van der Waals surface area contributed by atoms with Gasteiger partial charge in [-0.3, -0.25) is 0 Å². The van der Waals surface area contributed by atoms with Gasteiger partial charge in [0.05, 0.1) is 0 Å². The third-order valence-electron chi connectivity index (χ3n) is 6.29. The standard InChI is InChI=1S/C20H31N6O6P/c1-4-13(5-2)8-30-18(28)12(3)25-33(29)31-9-20(10-32-33)6-14(20)7-26-11-22-15-16(26)23-19(21)24-17(15)27/h7,11-13,25,29,33H,4-6,8-10H2,1-3H3,(H3,21,23,24,27)/b14-7-/t12-/m0/s1. The van der Waals surface area contributed by atoms with Gasteiger partial charge in [0.25, 0.3) is 0 Å². The SMILES string of the molecule is CCC(CC)COC(=O)[C@H](C)N[PH]1(O)OCC2(CO1)C/C2=C/n1cnc2c(=O)[nH]c(N)nc21. The summed E-state index contributed by atoms with van der Waals surface area (Å²) >= 11 is 0. The summed E-state index contributed by atoms with van der Waals surface area (Å²) < 4.78 is 18.4. The number of nitrogens with zero attached hydrogens (tertiary/aromatic N) is 3. The number of carbonyl (C=O) groups excluding carboxylic acids is 1. The Balaban J connectivity index is 1.35. The van der Waals surface area contributed by atoms with Crippen LogP contribution in [0.25, 0.3) is 17.4 Å². The summed E-state index contributed by atoms with van der Waals surface area (Å²) in [6, 6.07) is -0.758. The quantitative estimate of drug-likeness (QED) is 0.318. The molecule has 1 spiro atoms. The Morgan fingerprint density at radius 3 is 2.82 bits per heavy atom. The molecule has 0 unspecified atom stereocenters. The van der Waals surface area contributed by atoms with E-state index in [1.54, 1.807) is 11.5 Å². The fraction of sp³-hybridized carbons (Fsp3) is 0.600. The molecule has 2 fully saturated rings. The van der Waals surface area contributed by atoms with Gasteiger partial charge in [0.1, 0.15) is 0 Å². The first-order valence-electron chi connectivity index (χ1n) is 11.1. The second-order valence-electron chi connectivity index (χ2n) is 8.72. The van der Waals surface area contributed by atoms with Gasteiger partial charge < -0.3 is 0 Å². The molecule has 0 aromatic carbocycles. The van der Waals surface area contributed by atoms with Crippen LogP contribution < -0.4 is 16.4 Å². The first-order valence-corrected chi connectivity index (χ1v) is 12.8. The summed E-state index contributed by atoms with van der Waals surface area (Å²) in [5.74, 6) is -0.116. The van der Waals surface area contributed by atoms with Gasteiger partial charge in [-0.2, -0.15) is 0 Å². The summed E-state index contributed by atoms with van der Waals surface area (Å²) in [7, 11) is -3.72. The zero-order valence-corrected chi connectivity index (χ0v) is 20.0. The molecule has 1 aliphatic carbocycles. The molecule has 0 radical (unpaired) electrons. The number of anilines is 1. The van der Waals surface area contributed by atoms with E-state index >= 15 is 0 Å². The first-order chi connectivity index (χ1) is 15.7. The Morgan fingerprint density at radius 2 is 2.15 bits per heavy atom. The summed E-state index contributed by atoms with van der Waals surface area (Å²) in [5.41, 5.74) is 6.43. The van der Waals surface area contributed by atoms with Crippen LogP contribution in [0, 0.1) is 11.3 Å². The van der Waals surface area contributed by atoms with E-state index in [-0.39, 0.29) is 30.1 Å². The van der Waals surface area contributed by atoms with E-state index in [9.17, 15) is 14.5 Å². The molecule has 4 rings (SSSR count). The molecule has 0 bridgehead atoms. The average Bonchev–Trinajstić information content (AvgIpc) is 3.29. The van der Waals surface area contributed by atoms with Gasteiger partial charge in [-0.15, -0.1) is 0 Å². The predicted molar refractivity (Wildman–Crippen MR) is 124 cm³/mol. The van der Waals surface area contributed by atoms with Gasteiger partial charge in [-0.1, -0.05) is 0 Å². The van der Waals surface area contributed by atoms with Crippen molar-refractivity contribution in [2.75, 3.05) is 25.6 Å². The Morgan fingerprint density at radius 1 is 1.45 bits per heavy atom. The van der Waals surface area contributed by atoms with Gasteiger partial charge in [0.15, 0.2) is 0 Å². The molecule has 5 N–H and O–H groups in total. The second kappa shape index (κ2) is 9.11. The summed E-state index contributed by atoms with van der Waals surface area (Å²) in [5, 5.41) is 2.80. The molecular weight excluding hydrogens is 451 g/mol. The van der Waals surface area contributed by atoms with Gasteiger partial charge >= 0.3 is 191 Å². The van der Waals surface area contributed by atoms with E-state index < -0.39 is 25.7 Å². The third kappa shape index (κ3) is 4.95. The van der Waals surface area contributed by atoms with Crippen LogP contribution in [0.3, 0.4) is 0 Å². The van der Waals surface area contributed by atoms with Crippen molar-refractivity contribution in [2.24, 2.45) is 11.3 Å². The Hall–Kier alpha value is -2.37. The number of ether oxygens (including phenoxy) is 1. The molecule has 1 aliphatic heterocycles. The van der Waals surface area contributed by atoms with E-state index in [2.05, 4.69) is 33.9 Å². The van der Waals surface area contributed by atoms with E-state index in [0.29, 0.717) is 24.6 Å². The number of nitrogen functional groups attached to an aromatic ring is 1. The predicted octanol–water partition coefficient (Wildman–Crippen LogP) is 1.34. The van der Waals surface area contributed by atoms with Crippen LogP contribution in [-0.2, 0) is 18.6 Å².